The van der Waals surface area contributed by atoms with Gasteiger partial charge in [-0.1, -0.05) is 233 Å². The Morgan fingerprint density at radius 2 is 0.600 bits per heavy atom. The summed E-state index contributed by atoms with van der Waals surface area (Å²) < 4.78 is 16.7. The molecule has 0 saturated heterocycles. The molecule has 0 unspecified atom stereocenters. The Hall–Kier alpha value is -1.59. The number of carbonyl (C=O) groups is 3. The Morgan fingerprint density at radius 3 is 0.891 bits per heavy atom. The lowest BCUT2D eigenvalue weighted by Gasteiger charge is -2.18. The van der Waals surface area contributed by atoms with Gasteiger partial charge >= 0.3 is 17.9 Å². The van der Waals surface area contributed by atoms with Crippen LogP contribution in [0, 0.1) is 5.92 Å². The summed E-state index contributed by atoms with van der Waals surface area (Å²) in [7, 11) is 0. The van der Waals surface area contributed by atoms with E-state index in [9.17, 15) is 14.4 Å². The van der Waals surface area contributed by atoms with Crippen LogP contribution in [-0.2, 0) is 28.6 Å². The van der Waals surface area contributed by atoms with Crippen molar-refractivity contribution in [3.63, 3.8) is 0 Å². The Morgan fingerprint density at radius 1 is 0.345 bits per heavy atom. The minimum atomic E-state index is -0.758. The van der Waals surface area contributed by atoms with Gasteiger partial charge in [-0.05, 0) is 25.2 Å². The van der Waals surface area contributed by atoms with Crippen LogP contribution >= 0.6 is 0 Å². The summed E-state index contributed by atoms with van der Waals surface area (Å²) in [6.45, 7) is 9.00. The van der Waals surface area contributed by atoms with Crippen LogP contribution in [0.15, 0.2) is 0 Å². The maximum Gasteiger partial charge on any atom is 0.306 e. The van der Waals surface area contributed by atoms with Gasteiger partial charge in [0.1, 0.15) is 13.2 Å². The van der Waals surface area contributed by atoms with Crippen LogP contribution in [0.3, 0.4) is 0 Å². The predicted octanol–water partition coefficient (Wildman–Crippen LogP) is 15.5. The van der Waals surface area contributed by atoms with E-state index in [-0.39, 0.29) is 31.1 Å². The summed E-state index contributed by atoms with van der Waals surface area (Å²) in [6, 6.07) is 0. The van der Waals surface area contributed by atoms with Gasteiger partial charge in [-0.15, -0.1) is 0 Å². The number of rotatable bonds is 44. The Kier molecular flexibility index (Phi) is 42.3. The lowest BCUT2D eigenvalue weighted by Crippen LogP contribution is -2.30. The van der Waals surface area contributed by atoms with E-state index in [1.54, 1.807) is 0 Å². The van der Waals surface area contributed by atoms with Crippen LogP contribution in [0.2, 0.25) is 0 Å². The molecule has 0 N–H and O–H groups in total. The third kappa shape index (κ3) is 43.4. The van der Waals surface area contributed by atoms with E-state index >= 15 is 0 Å². The summed E-state index contributed by atoms with van der Waals surface area (Å²) in [4.78, 5) is 37.7. The highest BCUT2D eigenvalue weighted by Crippen LogP contribution is 2.17. The average Bonchev–Trinajstić information content (AvgIpc) is 3.17. The molecule has 0 aromatic heterocycles. The molecule has 6 heteroatoms. The van der Waals surface area contributed by atoms with Crippen molar-refractivity contribution in [1.82, 2.24) is 0 Å². The van der Waals surface area contributed by atoms with Crippen molar-refractivity contribution in [3.05, 3.63) is 0 Å². The summed E-state index contributed by atoms with van der Waals surface area (Å²) >= 11 is 0. The van der Waals surface area contributed by atoms with Crippen LogP contribution in [0.5, 0.6) is 0 Å². The third-order valence-corrected chi connectivity index (χ3v) is 11.0. The van der Waals surface area contributed by atoms with Gasteiger partial charge in [0.25, 0.3) is 0 Å². The van der Waals surface area contributed by atoms with Crippen LogP contribution in [0.1, 0.15) is 272 Å². The van der Waals surface area contributed by atoms with Gasteiger partial charge in [-0.3, -0.25) is 14.4 Å². The summed E-state index contributed by atoms with van der Waals surface area (Å²) in [5, 5.41) is 0. The third-order valence-electron chi connectivity index (χ3n) is 11.0. The zero-order chi connectivity index (χ0) is 40.3. The van der Waals surface area contributed by atoms with Gasteiger partial charge in [0.15, 0.2) is 6.10 Å². The highest BCUT2D eigenvalue weighted by molar-refractivity contribution is 5.71. The molecule has 0 aliphatic heterocycles. The molecule has 326 valence electrons. The van der Waals surface area contributed by atoms with Crippen molar-refractivity contribution in [1.29, 1.82) is 0 Å². The molecule has 0 bridgehead atoms. The fourth-order valence-corrected chi connectivity index (χ4v) is 7.33. The summed E-state index contributed by atoms with van der Waals surface area (Å²) in [6.07, 6.45) is 43.8. The first kappa shape index (κ1) is 53.4. The molecular weight excluding hydrogens is 685 g/mol. The smallest absolute Gasteiger partial charge is 0.306 e. The Balaban J connectivity index is 4.24. The first-order valence-corrected chi connectivity index (χ1v) is 24.4. The summed E-state index contributed by atoms with van der Waals surface area (Å²) in [5.41, 5.74) is 0. The monoisotopic (exact) mass is 779 g/mol. The fraction of sp³-hybridized carbons (Fsp3) is 0.939. The second-order valence-corrected chi connectivity index (χ2v) is 17.2. The van der Waals surface area contributed by atoms with Crippen molar-refractivity contribution in [2.45, 2.75) is 278 Å². The fourth-order valence-electron chi connectivity index (χ4n) is 7.33. The molecule has 0 aromatic carbocycles. The first-order chi connectivity index (χ1) is 26.9. The lowest BCUT2D eigenvalue weighted by atomic mass is 10.0. The second kappa shape index (κ2) is 43.5. The van der Waals surface area contributed by atoms with Gasteiger partial charge in [-0.2, -0.15) is 0 Å². The minimum Gasteiger partial charge on any atom is -0.462 e. The number of hydrogen-bond acceptors (Lipinski definition) is 6. The molecule has 0 aliphatic rings. The maximum absolute atomic E-state index is 12.7. The van der Waals surface area contributed by atoms with Crippen LogP contribution < -0.4 is 0 Å². The van der Waals surface area contributed by atoms with Crippen molar-refractivity contribution in [3.8, 4) is 0 Å². The standard InChI is InChI=1S/C49H94O6/c1-5-7-9-11-13-15-25-29-33-37-41-48(51)54-44-46(43-53-47(50)40-36-32-28-23-14-12-10-8-6-2)55-49(52)42-38-34-30-26-22-20-18-16-17-19-21-24-27-31-35-39-45(3)4/h45-46H,5-44H2,1-4H3/t46-/m1/s1. The molecular formula is C49H94O6. The molecule has 1 atom stereocenters. The number of carbonyl (C=O) groups excluding carboxylic acids is 3. The molecule has 6 nitrogen and oxygen atoms in total. The minimum absolute atomic E-state index is 0.0634. The van der Waals surface area contributed by atoms with E-state index in [0.29, 0.717) is 19.3 Å². The largest absolute Gasteiger partial charge is 0.462 e. The molecule has 0 saturated carbocycles. The first-order valence-electron chi connectivity index (χ1n) is 24.4. The van der Waals surface area contributed by atoms with Gasteiger partial charge in [0.05, 0.1) is 0 Å². The number of unbranched alkanes of at least 4 members (excludes halogenated alkanes) is 31. The van der Waals surface area contributed by atoms with E-state index in [4.69, 9.17) is 14.2 Å². The average molecular weight is 779 g/mol. The van der Waals surface area contributed by atoms with E-state index in [1.165, 1.54) is 167 Å². The van der Waals surface area contributed by atoms with Crippen molar-refractivity contribution < 1.29 is 28.6 Å². The van der Waals surface area contributed by atoms with Crippen LogP contribution in [-0.4, -0.2) is 37.2 Å². The number of hydrogen-bond donors (Lipinski definition) is 0. The van der Waals surface area contributed by atoms with E-state index in [0.717, 1.165) is 63.7 Å². The van der Waals surface area contributed by atoms with Crippen molar-refractivity contribution in [2.75, 3.05) is 13.2 Å². The Bertz CT molecular complexity index is 826. The second-order valence-electron chi connectivity index (χ2n) is 17.2. The van der Waals surface area contributed by atoms with Crippen molar-refractivity contribution in [2.24, 2.45) is 5.92 Å². The molecule has 0 spiro atoms. The quantitative estimate of drug-likeness (QED) is 0.0348. The van der Waals surface area contributed by atoms with E-state index in [1.807, 2.05) is 0 Å². The Labute approximate surface area is 342 Å². The molecule has 0 amide bonds. The highest BCUT2D eigenvalue weighted by atomic mass is 16.6. The molecule has 0 aromatic rings. The van der Waals surface area contributed by atoms with E-state index < -0.39 is 6.10 Å². The van der Waals surface area contributed by atoms with Gasteiger partial charge in [0, 0.05) is 19.3 Å². The predicted molar refractivity (Wildman–Crippen MR) is 233 cm³/mol. The molecule has 0 radical (unpaired) electrons. The van der Waals surface area contributed by atoms with Crippen molar-refractivity contribution >= 4 is 17.9 Å². The SMILES string of the molecule is CCCCCCCCCCCCC(=O)OC[C@@H](COC(=O)CCCCCCCCCCC)OC(=O)CCCCCCCCCCCCCCCCCC(C)C. The van der Waals surface area contributed by atoms with Crippen LogP contribution in [0.25, 0.3) is 0 Å². The number of esters is 3. The lowest BCUT2D eigenvalue weighted by molar-refractivity contribution is -0.167. The topological polar surface area (TPSA) is 78.9 Å². The van der Waals surface area contributed by atoms with E-state index in [2.05, 4.69) is 27.7 Å². The van der Waals surface area contributed by atoms with Crippen LogP contribution in [0.4, 0.5) is 0 Å². The molecule has 0 fully saturated rings. The molecule has 55 heavy (non-hydrogen) atoms. The van der Waals surface area contributed by atoms with Gasteiger partial charge in [-0.25, -0.2) is 0 Å². The molecule has 0 aliphatic carbocycles. The normalized spacial score (nSPS) is 11.9. The molecule has 0 heterocycles. The van der Waals surface area contributed by atoms with Gasteiger partial charge < -0.3 is 14.2 Å². The number of ether oxygens (including phenoxy) is 3. The molecule has 0 rings (SSSR count). The summed E-state index contributed by atoms with van der Waals surface area (Å²) in [5.74, 6) is -0.00469. The maximum atomic E-state index is 12.7. The zero-order valence-corrected chi connectivity index (χ0v) is 37.4. The highest BCUT2D eigenvalue weighted by Gasteiger charge is 2.19. The van der Waals surface area contributed by atoms with Gasteiger partial charge in [0.2, 0.25) is 0 Å². The zero-order valence-electron chi connectivity index (χ0n) is 37.4.